The summed E-state index contributed by atoms with van der Waals surface area (Å²) < 4.78 is 12.0. The van der Waals surface area contributed by atoms with Crippen LogP contribution in [0, 0.1) is 0 Å². The maximum absolute atomic E-state index is 14.0. The normalized spacial score (nSPS) is 10.8. The van der Waals surface area contributed by atoms with E-state index >= 15 is 0 Å². The van der Waals surface area contributed by atoms with Crippen LogP contribution >= 0.6 is 0 Å². The molecule has 0 atom stereocenters. The van der Waals surface area contributed by atoms with Crippen molar-refractivity contribution in [3.05, 3.63) is 100 Å². The van der Waals surface area contributed by atoms with Gasteiger partial charge in [-0.2, -0.15) is 5.16 Å². The molecular weight excluding hydrogens is 543 g/mol. The standard InChI is InChI=1S/C32H32N4O4.K/c1-4-9-28-33-27(5-2)29(23-16-18-24(19-17-23)39-6-3)31(37)36(28)20-21-12-14-22(15-13-21)25-10-7-8-11-26(25)30-34-32(38)40-35-30;/h7-8,10-19H,4-6,9,20H2,1-3H3,(H,34,35,38);/q;+1/p-1. The molecule has 0 saturated heterocycles. The third kappa shape index (κ3) is 6.87. The van der Waals surface area contributed by atoms with E-state index in [1.165, 1.54) is 0 Å². The Morgan fingerprint density at radius 2 is 1.56 bits per heavy atom. The first-order valence-electron chi connectivity index (χ1n) is 13.6. The minimum absolute atomic E-state index is 0. The van der Waals surface area contributed by atoms with E-state index in [0.717, 1.165) is 45.9 Å². The fourth-order valence-electron chi connectivity index (χ4n) is 4.88. The molecule has 3 aromatic carbocycles. The molecule has 0 unspecified atom stereocenters. The molecule has 0 aliphatic carbocycles. The molecule has 41 heavy (non-hydrogen) atoms. The molecule has 0 spiro atoms. The van der Waals surface area contributed by atoms with Crippen LogP contribution in [-0.2, 0) is 19.4 Å². The maximum Gasteiger partial charge on any atom is 1.00 e. The van der Waals surface area contributed by atoms with E-state index in [2.05, 4.69) is 21.6 Å². The van der Waals surface area contributed by atoms with E-state index < -0.39 is 6.08 Å². The van der Waals surface area contributed by atoms with Crippen molar-refractivity contribution >= 4 is 0 Å². The smallest absolute Gasteiger partial charge is 0.528 e. The van der Waals surface area contributed by atoms with Crippen molar-refractivity contribution in [1.29, 1.82) is 0 Å². The van der Waals surface area contributed by atoms with Crippen LogP contribution in [0.3, 0.4) is 0 Å². The van der Waals surface area contributed by atoms with Crippen LogP contribution < -0.4 is 66.8 Å². The molecule has 8 nitrogen and oxygen atoms in total. The van der Waals surface area contributed by atoms with Crippen LogP contribution in [0.4, 0.5) is 0 Å². The van der Waals surface area contributed by atoms with Crippen molar-refractivity contribution in [2.24, 2.45) is 0 Å². The van der Waals surface area contributed by atoms with Gasteiger partial charge in [0.2, 0.25) is 0 Å². The summed E-state index contributed by atoms with van der Waals surface area (Å²) in [5.74, 6) is 1.82. The van der Waals surface area contributed by atoms with Gasteiger partial charge in [0.05, 0.1) is 24.4 Å². The fourth-order valence-corrected chi connectivity index (χ4v) is 4.88. The average molecular weight is 575 g/mol. The number of nitrogens with zero attached hydrogens (tertiary/aromatic N) is 4. The van der Waals surface area contributed by atoms with Gasteiger partial charge in [0.1, 0.15) is 11.6 Å². The van der Waals surface area contributed by atoms with Gasteiger partial charge in [-0.25, -0.2) is 9.97 Å². The van der Waals surface area contributed by atoms with Gasteiger partial charge >= 0.3 is 51.4 Å². The van der Waals surface area contributed by atoms with Crippen molar-refractivity contribution in [3.8, 4) is 45.5 Å². The predicted molar refractivity (Wildman–Crippen MR) is 152 cm³/mol. The first-order chi connectivity index (χ1) is 19.5. The number of hydrogen-bond donors (Lipinski definition) is 0. The number of benzene rings is 3. The molecule has 0 radical (unpaired) electrons. The maximum atomic E-state index is 14.0. The molecule has 0 amide bonds. The van der Waals surface area contributed by atoms with Gasteiger partial charge < -0.3 is 14.4 Å². The zero-order chi connectivity index (χ0) is 28.1. The molecular formula is C32H31KN4O4. The van der Waals surface area contributed by atoms with Crippen molar-refractivity contribution in [1.82, 2.24) is 19.7 Å². The molecule has 0 saturated carbocycles. The molecule has 5 rings (SSSR count). The van der Waals surface area contributed by atoms with Gasteiger partial charge in [0, 0.05) is 12.0 Å². The molecule has 5 aromatic rings. The van der Waals surface area contributed by atoms with Crippen LogP contribution in [0.1, 0.15) is 44.3 Å². The summed E-state index contributed by atoms with van der Waals surface area (Å²) in [6, 6.07) is 23.2. The Bertz CT molecular complexity index is 1660. The molecule has 204 valence electrons. The van der Waals surface area contributed by atoms with Gasteiger partial charge in [-0.15, -0.1) is 0 Å². The minimum Gasteiger partial charge on any atom is -0.528 e. The predicted octanol–water partition coefficient (Wildman–Crippen LogP) is 2.67. The number of aryl methyl sites for hydroxylation is 2. The first-order valence-corrected chi connectivity index (χ1v) is 13.6. The molecule has 0 N–H and O–H groups in total. The Morgan fingerprint density at radius 3 is 2.17 bits per heavy atom. The number of rotatable bonds is 10. The second-order valence-corrected chi connectivity index (χ2v) is 9.43. The Morgan fingerprint density at radius 1 is 0.878 bits per heavy atom. The largest absolute Gasteiger partial charge is 1.00 e. The number of hydrogen-bond acceptors (Lipinski definition) is 7. The van der Waals surface area contributed by atoms with E-state index in [-0.39, 0.29) is 62.8 Å². The SMILES string of the molecule is CCCc1nc(CC)c(-c2ccc(OCC)cc2)c(=O)n1Cc1ccc(-c2ccccc2-c2noc([O-])n2)cc1.[K+]. The summed E-state index contributed by atoms with van der Waals surface area (Å²) in [5, 5.41) is 15.2. The number of ether oxygens (including phenoxy) is 1. The Balaban J connectivity index is 0.00000387. The monoisotopic (exact) mass is 574 g/mol. The second kappa shape index (κ2) is 14.2. The van der Waals surface area contributed by atoms with Crippen LogP contribution in [0.5, 0.6) is 11.8 Å². The second-order valence-electron chi connectivity index (χ2n) is 9.43. The van der Waals surface area contributed by atoms with Crippen molar-refractivity contribution in [3.63, 3.8) is 0 Å². The molecule has 0 bridgehead atoms. The van der Waals surface area contributed by atoms with Gasteiger partial charge in [-0.05, 0) is 54.2 Å². The molecule has 0 aliphatic rings. The fraction of sp³-hybridized carbons (Fsp3) is 0.250. The zero-order valence-electron chi connectivity index (χ0n) is 23.9. The van der Waals surface area contributed by atoms with Gasteiger partial charge in [0.15, 0.2) is 11.9 Å². The molecule has 0 fully saturated rings. The van der Waals surface area contributed by atoms with Crippen LogP contribution in [0.15, 0.2) is 82.1 Å². The topological polar surface area (TPSA) is 106 Å². The summed E-state index contributed by atoms with van der Waals surface area (Å²) in [5.41, 5.74) is 5.74. The molecule has 9 heteroatoms. The van der Waals surface area contributed by atoms with Crippen LogP contribution in [0.25, 0.3) is 33.6 Å². The zero-order valence-corrected chi connectivity index (χ0v) is 27.0. The third-order valence-corrected chi connectivity index (χ3v) is 6.77. The van der Waals surface area contributed by atoms with E-state index in [1.54, 1.807) is 4.57 Å². The quantitative estimate of drug-likeness (QED) is 0.236. The summed E-state index contributed by atoms with van der Waals surface area (Å²) >= 11 is 0. The van der Waals surface area contributed by atoms with E-state index in [0.29, 0.717) is 37.1 Å². The van der Waals surface area contributed by atoms with Gasteiger partial charge in [-0.1, -0.05) is 74.5 Å². The molecule has 2 aromatic heterocycles. The van der Waals surface area contributed by atoms with E-state index in [4.69, 9.17) is 9.72 Å². The first kappa shape index (κ1) is 30.9. The summed E-state index contributed by atoms with van der Waals surface area (Å²) in [7, 11) is 0. The van der Waals surface area contributed by atoms with Crippen molar-refractivity contribution in [2.75, 3.05) is 6.61 Å². The third-order valence-electron chi connectivity index (χ3n) is 6.77. The molecule has 2 heterocycles. The van der Waals surface area contributed by atoms with Crippen molar-refractivity contribution < 1.29 is 65.8 Å². The Kier molecular flexibility index (Phi) is 10.7. The van der Waals surface area contributed by atoms with E-state index in [1.807, 2.05) is 86.6 Å². The van der Waals surface area contributed by atoms with E-state index in [9.17, 15) is 9.90 Å². The summed E-state index contributed by atoms with van der Waals surface area (Å²) in [6.45, 7) is 7.06. The van der Waals surface area contributed by atoms with Crippen molar-refractivity contribution in [2.45, 2.75) is 46.6 Å². The Hall–Kier alpha value is -3.08. The summed E-state index contributed by atoms with van der Waals surface area (Å²) in [4.78, 5) is 22.8. The van der Waals surface area contributed by atoms with Gasteiger partial charge in [0.25, 0.3) is 5.56 Å². The minimum atomic E-state index is -0.721. The average Bonchev–Trinajstić information content (AvgIpc) is 3.42. The van der Waals surface area contributed by atoms with Crippen LogP contribution in [0.2, 0.25) is 0 Å². The number of aromatic nitrogens is 4. The summed E-state index contributed by atoms with van der Waals surface area (Å²) in [6.07, 6.45) is 1.54. The molecule has 0 aliphatic heterocycles. The van der Waals surface area contributed by atoms with Crippen LogP contribution in [-0.4, -0.2) is 26.3 Å². The Labute approximate surface area is 281 Å². The van der Waals surface area contributed by atoms with Gasteiger partial charge in [-0.3, -0.25) is 9.36 Å².